The van der Waals surface area contributed by atoms with Gasteiger partial charge in [0, 0.05) is 42.6 Å². The van der Waals surface area contributed by atoms with E-state index in [1.54, 1.807) is 37.8 Å². The topological polar surface area (TPSA) is 117 Å². The van der Waals surface area contributed by atoms with Crippen LogP contribution in [0.25, 0.3) is 11.1 Å². The first kappa shape index (κ1) is 41.6. The first-order chi connectivity index (χ1) is 29.4. The van der Waals surface area contributed by atoms with Crippen LogP contribution in [0.2, 0.25) is 5.02 Å². The summed E-state index contributed by atoms with van der Waals surface area (Å²) in [4.78, 5) is 59.0. The van der Waals surface area contributed by atoms with Gasteiger partial charge in [-0.15, -0.1) is 0 Å². The van der Waals surface area contributed by atoms with E-state index in [1.807, 2.05) is 84.9 Å². The zero-order valence-corrected chi connectivity index (χ0v) is 35.5. The molecule has 2 atom stereocenters. The molecule has 1 aliphatic carbocycles. The van der Waals surface area contributed by atoms with Crippen LogP contribution < -0.4 is 10.6 Å². The monoisotopic (exact) mass is 838 g/mol. The number of nitrogens with zero attached hydrogens (tertiary/aromatic N) is 2. The molecule has 0 unspecified atom stereocenters. The van der Waals surface area contributed by atoms with E-state index in [9.17, 15) is 19.2 Å². The summed E-state index contributed by atoms with van der Waals surface area (Å²) >= 11 is 6.21. The molecule has 0 saturated carbocycles. The fraction of sp³-hybridized carbons (Fsp3) is 0.320. The molecule has 5 aromatic rings. The highest BCUT2D eigenvalue weighted by atomic mass is 35.5. The van der Waals surface area contributed by atoms with Crippen LogP contribution in [0.15, 0.2) is 121 Å². The molecule has 0 radical (unpaired) electrons. The molecule has 8 rings (SSSR count). The molecule has 61 heavy (non-hydrogen) atoms. The molecule has 1 fully saturated rings. The van der Waals surface area contributed by atoms with Crippen molar-refractivity contribution >= 4 is 41.3 Å². The van der Waals surface area contributed by atoms with Crippen LogP contribution >= 0.6 is 11.6 Å². The number of halogens is 1. The third-order valence-corrected chi connectivity index (χ3v) is 12.2. The summed E-state index contributed by atoms with van der Waals surface area (Å²) < 4.78 is 11.6. The second-order valence-electron chi connectivity index (χ2n) is 17.1. The maximum atomic E-state index is 14.5. The zero-order valence-electron chi connectivity index (χ0n) is 34.7. The molecular formula is C50H51ClN4O6. The minimum Gasteiger partial charge on any atom is -0.448 e. The lowest BCUT2D eigenvalue weighted by Crippen LogP contribution is -2.58. The summed E-state index contributed by atoms with van der Waals surface area (Å²) in [5, 5.41) is 6.65. The number of rotatable bonds is 9. The summed E-state index contributed by atoms with van der Waals surface area (Å²) in [7, 11) is 0. The number of para-hydroxylation sites is 1. The number of likely N-dealkylation sites (tertiary alicyclic amines) is 1. The van der Waals surface area contributed by atoms with E-state index < -0.39 is 35.8 Å². The predicted octanol–water partition coefficient (Wildman–Crippen LogP) is 9.50. The van der Waals surface area contributed by atoms with Crippen molar-refractivity contribution in [2.24, 2.45) is 0 Å². The molecular weight excluding hydrogens is 788 g/mol. The van der Waals surface area contributed by atoms with Gasteiger partial charge in [0.1, 0.15) is 24.3 Å². The zero-order chi connectivity index (χ0) is 42.7. The van der Waals surface area contributed by atoms with Gasteiger partial charge in [0.2, 0.25) is 11.8 Å². The van der Waals surface area contributed by atoms with Gasteiger partial charge in [-0.3, -0.25) is 19.8 Å². The van der Waals surface area contributed by atoms with Gasteiger partial charge >= 0.3 is 12.2 Å². The summed E-state index contributed by atoms with van der Waals surface area (Å²) in [6.07, 6.45) is 0.737. The van der Waals surface area contributed by atoms with Crippen molar-refractivity contribution in [3.63, 3.8) is 0 Å². The predicted molar refractivity (Wildman–Crippen MR) is 236 cm³/mol. The Hall–Kier alpha value is -6.13. The first-order valence-corrected chi connectivity index (χ1v) is 21.4. The Bertz CT molecular complexity index is 2380. The summed E-state index contributed by atoms with van der Waals surface area (Å²) in [5.74, 6) is -0.599. The Morgan fingerprint density at radius 3 is 2.00 bits per heavy atom. The Morgan fingerprint density at radius 1 is 0.754 bits per heavy atom. The molecule has 0 aromatic heterocycles. The van der Waals surface area contributed by atoms with E-state index in [1.165, 1.54) is 16.0 Å². The Balaban J connectivity index is 0.938. The van der Waals surface area contributed by atoms with Gasteiger partial charge in [0.25, 0.3) is 0 Å². The number of hydrogen-bond donors (Lipinski definition) is 2. The standard InChI is InChI=1S/C50H51ClN4O6/c1-50(2,3)61-49(59)55-30-35-13-5-4-12-34(35)29-45(55)46(56)52-44(28-32-20-22-36(51)23-21-32)47(57)54-26-24-33(25-27-54)37-14-10-11-19-43(37)53-48(58)60-31-42-40-17-8-6-15-38(40)39-16-7-9-18-41(39)42/h4-23,33,42,44-45H,24-31H2,1-3H3,(H,52,56)(H,53,58)/t44-,45+/m1/s1. The number of hydrogen-bond acceptors (Lipinski definition) is 6. The molecule has 314 valence electrons. The van der Waals surface area contributed by atoms with E-state index in [4.69, 9.17) is 21.1 Å². The van der Waals surface area contributed by atoms with Crippen LogP contribution in [0.1, 0.15) is 78.8 Å². The second kappa shape index (κ2) is 17.8. The van der Waals surface area contributed by atoms with Gasteiger partial charge in [-0.1, -0.05) is 115 Å². The molecule has 1 saturated heterocycles. The van der Waals surface area contributed by atoms with Gasteiger partial charge in [-0.25, -0.2) is 9.59 Å². The number of carbonyl (C=O) groups excluding carboxylic acids is 4. The van der Waals surface area contributed by atoms with Crippen molar-refractivity contribution in [3.8, 4) is 11.1 Å². The molecule has 3 aliphatic rings. The fourth-order valence-electron chi connectivity index (χ4n) is 8.94. The number of ether oxygens (including phenoxy) is 2. The third-order valence-electron chi connectivity index (χ3n) is 11.9. The summed E-state index contributed by atoms with van der Waals surface area (Å²) in [5.41, 5.74) is 8.29. The van der Waals surface area contributed by atoms with Crippen LogP contribution in [0.4, 0.5) is 15.3 Å². The first-order valence-electron chi connectivity index (χ1n) is 21.0. The molecule has 0 spiro atoms. The van der Waals surface area contributed by atoms with Crippen molar-refractivity contribution in [1.29, 1.82) is 0 Å². The largest absolute Gasteiger partial charge is 0.448 e. The quantitative estimate of drug-likeness (QED) is 0.153. The highest BCUT2D eigenvalue weighted by Crippen LogP contribution is 2.44. The Kier molecular flexibility index (Phi) is 12.2. The Labute approximate surface area is 362 Å². The summed E-state index contributed by atoms with van der Waals surface area (Å²) in [6, 6.07) is 37.5. The van der Waals surface area contributed by atoms with Crippen molar-refractivity contribution < 1.29 is 28.7 Å². The van der Waals surface area contributed by atoms with Crippen LogP contribution in [0.3, 0.4) is 0 Å². The van der Waals surface area contributed by atoms with Crippen LogP contribution in [0.5, 0.6) is 0 Å². The number of carbonyl (C=O) groups is 4. The average Bonchev–Trinajstić information content (AvgIpc) is 3.58. The van der Waals surface area contributed by atoms with Crippen molar-refractivity contribution in [3.05, 3.63) is 160 Å². The van der Waals surface area contributed by atoms with Gasteiger partial charge in [-0.05, 0) is 102 Å². The van der Waals surface area contributed by atoms with Gasteiger partial charge in [0.05, 0.1) is 6.54 Å². The number of benzene rings is 5. The number of amides is 4. The lowest BCUT2D eigenvalue weighted by Gasteiger charge is -2.38. The van der Waals surface area contributed by atoms with Crippen molar-refractivity contribution in [2.45, 2.75) is 82.5 Å². The van der Waals surface area contributed by atoms with Crippen LogP contribution in [-0.4, -0.2) is 71.2 Å². The lowest BCUT2D eigenvalue weighted by molar-refractivity contribution is -0.138. The van der Waals surface area contributed by atoms with E-state index in [0.717, 1.165) is 33.4 Å². The maximum Gasteiger partial charge on any atom is 0.411 e. The van der Waals surface area contributed by atoms with Gasteiger partial charge in [-0.2, -0.15) is 0 Å². The number of fused-ring (bicyclic) bond motifs is 4. The van der Waals surface area contributed by atoms with Crippen molar-refractivity contribution in [2.75, 3.05) is 25.0 Å². The molecule has 5 aromatic carbocycles. The number of anilines is 1. The highest BCUT2D eigenvalue weighted by Gasteiger charge is 2.39. The summed E-state index contributed by atoms with van der Waals surface area (Å²) in [6.45, 7) is 6.71. The molecule has 11 heteroatoms. The third kappa shape index (κ3) is 9.45. The average molecular weight is 839 g/mol. The van der Waals surface area contributed by atoms with E-state index in [-0.39, 0.29) is 43.7 Å². The molecule has 2 N–H and O–H groups in total. The smallest absolute Gasteiger partial charge is 0.411 e. The lowest BCUT2D eigenvalue weighted by atomic mass is 9.88. The van der Waals surface area contributed by atoms with E-state index >= 15 is 0 Å². The minimum atomic E-state index is -0.898. The fourth-order valence-corrected chi connectivity index (χ4v) is 9.06. The van der Waals surface area contributed by atoms with E-state index in [2.05, 4.69) is 34.9 Å². The van der Waals surface area contributed by atoms with E-state index in [0.29, 0.717) is 36.6 Å². The Morgan fingerprint density at radius 2 is 1.34 bits per heavy atom. The number of piperidine rings is 1. The highest BCUT2D eigenvalue weighted by molar-refractivity contribution is 6.30. The van der Waals surface area contributed by atoms with Crippen molar-refractivity contribution in [1.82, 2.24) is 15.1 Å². The molecule has 4 amide bonds. The maximum absolute atomic E-state index is 14.5. The SMILES string of the molecule is CC(C)(C)OC(=O)N1Cc2ccccc2C[C@H]1C(=O)N[C@H](Cc1ccc(Cl)cc1)C(=O)N1CCC(c2ccccc2NC(=O)OCC2c3ccccc3-c3ccccc32)CC1. The van der Waals surface area contributed by atoms with Gasteiger partial charge in [0.15, 0.2) is 0 Å². The molecule has 10 nitrogen and oxygen atoms in total. The minimum absolute atomic E-state index is 0.0492. The molecule has 2 aliphatic heterocycles. The second-order valence-corrected chi connectivity index (χ2v) is 17.6. The van der Waals surface area contributed by atoms with Gasteiger partial charge < -0.3 is 19.7 Å². The van der Waals surface area contributed by atoms with Crippen LogP contribution in [-0.2, 0) is 38.4 Å². The number of nitrogens with one attached hydrogen (secondary N) is 2. The van der Waals surface area contributed by atoms with Crippen LogP contribution in [0, 0.1) is 0 Å². The molecule has 0 bridgehead atoms. The normalized spacial score (nSPS) is 16.8. The molecule has 2 heterocycles.